The lowest BCUT2D eigenvalue weighted by molar-refractivity contribution is -0.695. The molecule has 0 aromatic heterocycles. The molecular formula is C12H17N4O5+. The van der Waals surface area contributed by atoms with Crippen LogP contribution < -0.4 is 21.5 Å². The maximum atomic E-state index is 11.7. The summed E-state index contributed by atoms with van der Waals surface area (Å²) in [6, 6.07) is 4.28. The number of hydrogen-bond donors (Lipinski definition) is 3. The van der Waals surface area contributed by atoms with E-state index in [0.29, 0.717) is 18.8 Å². The first-order valence-electron chi connectivity index (χ1n) is 6.31. The Kier molecular flexibility index (Phi) is 6.24. The molecule has 0 fully saturated rings. The van der Waals surface area contributed by atoms with Gasteiger partial charge in [0.1, 0.15) is 19.1 Å². The first-order valence-corrected chi connectivity index (χ1v) is 6.31. The van der Waals surface area contributed by atoms with Gasteiger partial charge in [0.25, 0.3) is 5.69 Å². The molecule has 9 nitrogen and oxygen atoms in total. The number of benzene rings is 1. The number of nitrogens with one attached hydrogen (secondary N) is 1. The summed E-state index contributed by atoms with van der Waals surface area (Å²) >= 11 is 0. The zero-order valence-electron chi connectivity index (χ0n) is 11.3. The van der Waals surface area contributed by atoms with Crippen molar-refractivity contribution < 1.29 is 30.7 Å². The number of hydrogen-bond acceptors (Lipinski definition) is 5. The summed E-state index contributed by atoms with van der Waals surface area (Å²) in [7, 11) is 0. The number of rotatable bonds is 8. The van der Waals surface area contributed by atoms with Crippen LogP contribution in [0.2, 0.25) is 0 Å². The van der Waals surface area contributed by atoms with Gasteiger partial charge < -0.3 is 26.3 Å². The van der Waals surface area contributed by atoms with Crippen LogP contribution in [0.25, 0.3) is 0 Å². The summed E-state index contributed by atoms with van der Waals surface area (Å²) < 4.78 is 0. The summed E-state index contributed by atoms with van der Waals surface area (Å²) in [4.78, 5) is 32.6. The fourth-order valence-electron chi connectivity index (χ4n) is 1.66. The van der Waals surface area contributed by atoms with Crippen LogP contribution in [0.4, 0.5) is 11.4 Å². The predicted octanol–water partition coefficient (Wildman–Crippen LogP) is -3.15. The van der Waals surface area contributed by atoms with Crippen molar-refractivity contribution in [3.63, 3.8) is 0 Å². The van der Waals surface area contributed by atoms with Crippen LogP contribution in [0, 0.1) is 10.1 Å². The van der Waals surface area contributed by atoms with Crippen molar-refractivity contribution in [1.29, 1.82) is 0 Å². The summed E-state index contributed by atoms with van der Waals surface area (Å²) in [5, 5.41) is 25.4. The Hall–Kier alpha value is -2.52. The van der Waals surface area contributed by atoms with E-state index in [0.717, 1.165) is 0 Å². The Balaban J connectivity index is 2.59. The van der Waals surface area contributed by atoms with E-state index in [1.165, 1.54) is 29.6 Å². The third-order valence-electron chi connectivity index (χ3n) is 2.73. The van der Waals surface area contributed by atoms with Crippen LogP contribution in [-0.4, -0.2) is 35.9 Å². The van der Waals surface area contributed by atoms with E-state index in [4.69, 9.17) is 0 Å². The van der Waals surface area contributed by atoms with Gasteiger partial charge in [-0.15, -0.1) is 0 Å². The highest BCUT2D eigenvalue weighted by Crippen LogP contribution is 2.15. The van der Waals surface area contributed by atoms with E-state index in [2.05, 4.69) is 11.1 Å². The Morgan fingerprint density at radius 2 is 1.95 bits per heavy atom. The molecule has 1 aromatic carbocycles. The molecule has 1 aromatic rings. The highest BCUT2D eigenvalue weighted by Gasteiger charge is 2.18. The van der Waals surface area contributed by atoms with Crippen LogP contribution in [0.15, 0.2) is 24.3 Å². The summed E-state index contributed by atoms with van der Waals surface area (Å²) in [5.74, 6) is -1.82. The lowest BCUT2D eigenvalue weighted by atomic mass is 10.2. The van der Waals surface area contributed by atoms with Crippen molar-refractivity contribution in [2.75, 3.05) is 18.4 Å². The van der Waals surface area contributed by atoms with Crippen molar-refractivity contribution in [2.24, 2.45) is 0 Å². The highest BCUT2D eigenvalue weighted by molar-refractivity contribution is 5.93. The molecule has 0 aliphatic rings. The monoisotopic (exact) mass is 297 g/mol. The molecule has 1 amide bonds. The number of aliphatic carboxylic acids is 1. The number of nitrogens with zero attached hydrogens (tertiary/aromatic N) is 1. The minimum absolute atomic E-state index is 0.0932. The lowest BCUT2D eigenvalue weighted by Crippen LogP contribution is -2.95. The Morgan fingerprint density at radius 3 is 2.43 bits per heavy atom. The van der Waals surface area contributed by atoms with Crippen molar-refractivity contribution in [2.45, 2.75) is 12.5 Å². The molecule has 0 radical (unpaired) electrons. The molecule has 0 saturated heterocycles. The first-order chi connectivity index (χ1) is 9.93. The molecule has 21 heavy (non-hydrogen) atoms. The molecule has 0 heterocycles. The molecule has 9 heteroatoms. The van der Waals surface area contributed by atoms with Gasteiger partial charge in [-0.25, -0.2) is 0 Å². The number of non-ortho nitro benzene ring substituents is 1. The van der Waals surface area contributed by atoms with Crippen LogP contribution in [-0.2, 0) is 9.59 Å². The zero-order chi connectivity index (χ0) is 15.8. The molecule has 0 bridgehead atoms. The van der Waals surface area contributed by atoms with Gasteiger partial charge in [-0.2, -0.15) is 0 Å². The van der Waals surface area contributed by atoms with Gasteiger partial charge in [0.15, 0.2) is 0 Å². The number of carbonyl (C=O) groups excluding carboxylic acids is 2. The number of carbonyl (C=O) groups is 2. The number of anilines is 1. The fourth-order valence-corrected chi connectivity index (χ4v) is 1.66. The molecule has 1 rings (SSSR count). The SMILES string of the molecule is [NH3+]CC[NH2+][C@H](CC(=O)Nc1ccc([N+](=O)[O-])cc1)C(=O)[O-]. The molecule has 0 aliphatic heterocycles. The lowest BCUT2D eigenvalue weighted by Gasteiger charge is -2.15. The van der Waals surface area contributed by atoms with E-state index in [1.807, 2.05) is 0 Å². The quantitative estimate of drug-likeness (QED) is 0.341. The smallest absolute Gasteiger partial charge is 0.269 e. The van der Waals surface area contributed by atoms with Crippen molar-refractivity contribution in [3.05, 3.63) is 34.4 Å². The molecular weight excluding hydrogens is 280 g/mol. The Bertz CT molecular complexity index is 517. The molecule has 0 saturated carbocycles. The van der Waals surface area contributed by atoms with Crippen LogP contribution in [0.5, 0.6) is 0 Å². The largest absolute Gasteiger partial charge is 0.544 e. The van der Waals surface area contributed by atoms with Crippen LogP contribution in [0.3, 0.4) is 0 Å². The summed E-state index contributed by atoms with van der Waals surface area (Å²) in [6.45, 7) is 1.01. The average molecular weight is 297 g/mol. The molecule has 0 spiro atoms. The second-order valence-electron chi connectivity index (χ2n) is 4.36. The van der Waals surface area contributed by atoms with Crippen LogP contribution in [0.1, 0.15) is 6.42 Å². The van der Waals surface area contributed by atoms with Gasteiger partial charge in [-0.1, -0.05) is 0 Å². The van der Waals surface area contributed by atoms with Gasteiger partial charge >= 0.3 is 0 Å². The topological polar surface area (TPSA) is 157 Å². The van der Waals surface area contributed by atoms with Crippen molar-refractivity contribution in [1.82, 2.24) is 0 Å². The number of nitrogens with two attached hydrogens (primary N) is 1. The van der Waals surface area contributed by atoms with Crippen molar-refractivity contribution in [3.8, 4) is 0 Å². The molecule has 114 valence electrons. The molecule has 0 aliphatic carbocycles. The van der Waals surface area contributed by atoms with Gasteiger partial charge in [0.2, 0.25) is 5.91 Å². The Morgan fingerprint density at radius 1 is 1.33 bits per heavy atom. The maximum absolute atomic E-state index is 11.7. The van der Waals surface area contributed by atoms with E-state index in [1.54, 1.807) is 0 Å². The van der Waals surface area contributed by atoms with E-state index in [9.17, 15) is 24.8 Å². The number of amides is 1. The maximum Gasteiger partial charge on any atom is 0.269 e. The van der Waals surface area contributed by atoms with Gasteiger partial charge in [-0.3, -0.25) is 14.9 Å². The standard InChI is InChI=1S/C12H16N4O5/c13-5-6-14-10(12(18)19)7-11(17)15-8-1-3-9(4-2-8)16(20)21/h1-4,10,14H,5-7,13H2,(H,15,17)(H,18,19)/p+1/t10-/m1/s1. The number of nitro groups is 1. The molecule has 1 atom stereocenters. The minimum atomic E-state index is -1.32. The Labute approximate surface area is 120 Å². The second-order valence-corrected chi connectivity index (χ2v) is 4.36. The fraction of sp³-hybridized carbons (Fsp3) is 0.333. The van der Waals surface area contributed by atoms with Gasteiger partial charge in [0.05, 0.1) is 17.3 Å². The van der Waals surface area contributed by atoms with Crippen LogP contribution >= 0.6 is 0 Å². The average Bonchev–Trinajstić information content (AvgIpc) is 2.43. The molecule has 0 unspecified atom stereocenters. The number of quaternary nitrogens is 2. The third kappa shape index (κ3) is 5.55. The summed E-state index contributed by atoms with van der Waals surface area (Å²) in [5.41, 5.74) is 3.85. The van der Waals surface area contributed by atoms with Gasteiger partial charge in [0, 0.05) is 17.8 Å². The van der Waals surface area contributed by atoms with Gasteiger partial charge in [-0.05, 0) is 12.1 Å². The number of carboxylic acid groups (broad SMARTS) is 1. The van der Waals surface area contributed by atoms with E-state index in [-0.39, 0.29) is 12.1 Å². The minimum Gasteiger partial charge on any atom is -0.544 e. The van der Waals surface area contributed by atoms with E-state index >= 15 is 0 Å². The zero-order valence-corrected chi connectivity index (χ0v) is 11.3. The first kappa shape index (κ1) is 16.5. The predicted molar refractivity (Wildman–Crippen MR) is 69.7 cm³/mol. The van der Waals surface area contributed by atoms with Crippen molar-refractivity contribution >= 4 is 23.3 Å². The highest BCUT2D eigenvalue weighted by atomic mass is 16.6. The number of carboxylic acids is 1. The number of nitro benzene ring substituents is 1. The third-order valence-corrected chi connectivity index (χ3v) is 2.73. The summed E-state index contributed by atoms with van der Waals surface area (Å²) in [6.07, 6.45) is -0.251. The normalized spacial score (nSPS) is 11.7. The molecule has 6 N–H and O–H groups in total. The van der Waals surface area contributed by atoms with E-state index < -0.39 is 22.8 Å². The second kappa shape index (κ2) is 7.92.